The highest BCUT2D eigenvalue weighted by atomic mass is 32.2. The fraction of sp³-hybridized carbons (Fsp3) is 0.417. The van der Waals surface area contributed by atoms with Crippen LogP contribution in [0.1, 0.15) is 17.3 Å². The fourth-order valence-corrected chi connectivity index (χ4v) is 2.30. The monoisotopic (exact) mass is 302 g/mol. The zero-order valence-corrected chi connectivity index (χ0v) is 11.9. The predicted molar refractivity (Wildman–Crippen MR) is 74.4 cm³/mol. The summed E-state index contributed by atoms with van der Waals surface area (Å²) < 4.78 is 13.0. The number of halogens is 1. The molecule has 0 heterocycles. The molecule has 20 heavy (non-hydrogen) atoms. The Labute approximate surface area is 119 Å². The summed E-state index contributed by atoms with van der Waals surface area (Å²) in [5.41, 5.74) is -1.97. The summed E-state index contributed by atoms with van der Waals surface area (Å²) >= 11 is 1.41. The number of nitro groups is 1. The molecule has 0 fully saturated rings. The Morgan fingerprint density at radius 1 is 1.60 bits per heavy atom. The van der Waals surface area contributed by atoms with Gasteiger partial charge in [-0.1, -0.05) is 0 Å². The van der Waals surface area contributed by atoms with Crippen LogP contribution in [0.2, 0.25) is 0 Å². The van der Waals surface area contributed by atoms with Gasteiger partial charge in [0.2, 0.25) is 0 Å². The number of benzene rings is 1. The SMILES string of the molecule is CSCC(C)(O)CNC(=O)c1ccc(F)cc1[N+](=O)[O-]. The highest BCUT2D eigenvalue weighted by molar-refractivity contribution is 7.98. The first-order valence-corrected chi connectivity index (χ1v) is 7.09. The van der Waals surface area contributed by atoms with Gasteiger partial charge >= 0.3 is 0 Å². The lowest BCUT2D eigenvalue weighted by Gasteiger charge is -2.22. The van der Waals surface area contributed by atoms with Gasteiger partial charge in [-0.05, 0) is 25.3 Å². The summed E-state index contributed by atoms with van der Waals surface area (Å²) in [6, 6.07) is 2.71. The van der Waals surface area contributed by atoms with Crippen molar-refractivity contribution < 1.29 is 19.2 Å². The topological polar surface area (TPSA) is 92.5 Å². The minimum Gasteiger partial charge on any atom is -0.387 e. The van der Waals surface area contributed by atoms with E-state index in [9.17, 15) is 24.4 Å². The summed E-state index contributed by atoms with van der Waals surface area (Å²) in [6.45, 7) is 1.49. The number of thioether (sulfide) groups is 1. The second-order valence-corrected chi connectivity index (χ2v) is 5.40. The molecule has 0 aromatic heterocycles. The predicted octanol–water partition coefficient (Wildman–Crippen LogP) is 1.58. The number of nitro benzene ring substituents is 1. The molecule has 1 aromatic carbocycles. The molecule has 0 spiro atoms. The molecule has 1 amide bonds. The van der Waals surface area contributed by atoms with E-state index in [-0.39, 0.29) is 12.1 Å². The van der Waals surface area contributed by atoms with Crippen LogP contribution in [0, 0.1) is 15.9 Å². The number of amides is 1. The quantitative estimate of drug-likeness (QED) is 0.615. The maximum Gasteiger partial charge on any atom is 0.285 e. The average molecular weight is 302 g/mol. The normalized spacial score (nSPS) is 13.6. The number of rotatable bonds is 6. The molecule has 1 rings (SSSR count). The summed E-state index contributed by atoms with van der Waals surface area (Å²) in [5.74, 6) is -1.11. The second kappa shape index (κ2) is 6.67. The molecule has 6 nitrogen and oxygen atoms in total. The summed E-state index contributed by atoms with van der Waals surface area (Å²) in [4.78, 5) is 21.8. The van der Waals surface area contributed by atoms with E-state index in [2.05, 4.69) is 5.32 Å². The van der Waals surface area contributed by atoms with Crippen molar-refractivity contribution in [2.45, 2.75) is 12.5 Å². The molecule has 0 radical (unpaired) electrons. The van der Waals surface area contributed by atoms with Crippen LogP contribution in [0.15, 0.2) is 18.2 Å². The summed E-state index contributed by atoms with van der Waals surface area (Å²) in [6.07, 6.45) is 1.81. The smallest absolute Gasteiger partial charge is 0.285 e. The van der Waals surface area contributed by atoms with Gasteiger partial charge in [0, 0.05) is 12.3 Å². The van der Waals surface area contributed by atoms with Gasteiger partial charge in [0.05, 0.1) is 16.6 Å². The van der Waals surface area contributed by atoms with Crippen LogP contribution in [0.3, 0.4) is 0 Å². The largest absolute Gasteiger partial charge is 0.387 e. The molecule has 1 aromatic rings. The zero-order chi connectivity index (χ0) is 15.3. The van der Waals surface area contributed by atoms with Crippen LogP contribution >= 0.6 is 11.8 Å². The summed E-state index contributed by atoms with van der Waals surface area (Å²) in [5, 5.41) is 23.1. The van der Waals surface area contributed by atoms with Crippen molar-refractivity contribution in [2.24, 2.45) is 0 Å². The Balaban J connectivity index is 2.85. The van der Waals surface area contributed by atoms with E-state index < -0.39 is 27.9 Å². The zero-order valence-electron chi connectivity index (χ0n) is 11.1. The first kappa shape index (κ1) is 16.4. The Morgan fingerprint density at radius 2 is 2.25 bits per heavy atom. The second-order valence-electron chi connectivity index (χ2n) is 4.53. The molecular formula is C12H15FN2O4S. The molecular weight excluding hydrogens is 287 g/mol. The molecule has 2 N–H and O–H groups in total. The molecule has 0 saturated carbocycles. The molecule has 1 unspecified atom stereocenters. The molecule has 0 aliphatic heterocycles. The third-order valence-electron chi connectivity index (χ3n) is 2.49. The Bertz CT molecular complexity index is 522. The molecule has 0 aliphatic rings. The van der Waals surface area contributed by atoms with Crippen LogP contribution in [-0.2, 0) is 0 Å². The third-order valence-corrected chi connectivity index (χ3v) is 3.40. The minimum atomic E-state index is -1.12. The van der Waals surface area contributed by atoms with E-state index in [1.807, 2.05) is 0 Å². The van der Waals surface area contributed by atoms with Crippen molar-refractivity contribution >= 4 is 23.4 Å². The van der Waals surface area contributed by atoms with Gasteiger partial charge in [-0.25, -0.2) is 4.39 Å². The number of hydrogen-bond acceptors (Lipinski definition) is 5. The van der Waals surface area contributed by atoms with Crippen molar-refractivity contribution in [1.29, 1.82) is 0 Å². The lowest BCUT2D eigenvalue weighted by molar-refractivity contribution is -0.385. The Hall–Kier alpha value is -1.67. The fourth-order valence-electron chi connectivity index (χ4n) is 1.58. The highest BCUT2D eigenvalue weighted by Gasteiger charge is 2.24. The van der Waals surface area contributed by atoms with Crippen molar-refractivity contribution in [3.05, 3.63) is 39.7 Å². The third kappa shape index (κ3) is 4.46. The Kier molecular flexibility index (Phi) is 5.46. The molecule has 0 saturated heterocycles. The van der Waals surface area contributed by atoms with E-state index in [1.165, 1.54) is 11.8 Å². The van der Waals surface area contributed by atoms with Gasteiger partial charge in [-0.3, -0.25) is 14.9 Å². The van der Waals surface area contributed by atoms with Crippen molar-refractivity contribution in [1.82, 2.24) is 5.32 Å². The highest BCUT2D eigenvalue weighted by Crippen LogP contribution is 2.20. The molecule has 1 atom stereocenters. The van der Waals surface area contributed by atoms with Crippen LogP contribution in [0.4, 0.5) is 10.1 Å². The van der Waals surface area contributed by atoms with Gasteiger partial charge < -0.3 is 10.4 Å². The van der Waals surface area contributed by atoms with E-state index in [1.54, 1.807) is 13.2 Å². The maximum atomic E-state index is 13.0. The molecule has 8 heteroatoms. The van der Waals surface area contributed by atoms with Crippen LogP contribution in [-0.4, -0.2) is 40.1 Å². The van der Waals surface area contributed by atoms with Gasteiger partial charge in [0.15, 0.2) is 0 Å². The summed E-state index contributed by atoms with van der Waals surface area (Å²) in [7, 11) is 0. The van der Waals surface area contributed by atoms with E-state index in [0.29, 0.717) is 11.8 Å². The lowest BCUT2D eigenvalue weighted by atomic mass is 10.1. The van der Waals surface area contributed by atoms with E-state index in [4.69, 9.17) is 0 Å². The number of aliphatic hydroxyl groups is 1. The van der Waals surface area contributed by atoms with Crippen molar-refractivity contribution in [3.63, 3.8) is 0 Å². The van der Waals surface area contributed by atoms with Gasteiger partial charge in [-0.15, -0.1) is 0 Å². The molecule has 110 valence electrons. The van der Waals surface area contributed by atoms with Gasteiger partial charge in [0.25, 0.3) is 11.6 Å². The number of nitrogens with zero attached hydrogens (tertiary/aromatic N) is 1. The van der Waals surface area contributed by atoms with Gasteiger partial charge in [0.1, 0.15) is 11.4 Å². The first-order valence-electron chi connectivity index (χ1n) is 5.70. The van der Waals surface area contributed by atoms with Crippen molar-refractivity contribution in [3.8, 4) is 0 Å². The standard InChI is InChI=1S/C12H15FN2O4S/c1-12(17,7-20-2)6-14-11(16)9-4-3-8(13)5-10(9)15(18)19/h3-5,17H,6-7H2,1-2H3,(H,14,16). The number of hydrogen-bond donors (Lipinski definition) is 2. The van der Waals surface area contributed by atoms with Gasteiger partial charge in [-0.2, -0.15) is 11.8 Å². The molecule has 0 bridgehead atoms. The first-order chi connectivity index (χ1) is 9.26. The van der Waals surface area contributed by atoms with Crippen molar-refractivity contribution in [2.75, 3.05) is 18.6 Å². The van der Waals surface area contributed by atoms with E-state index in [0.717, 1.165) is 12.1 Å². The number of nitrogens with one attached hydrogen (secondary N) is 1. The number of carbonyl (C=O) groups excluding carboxylic acids is 1. The number of carbonyl (C=O) groups is 1. The van der Waals surface area contributed by atoms with Crippen LogP contribution in [0.5, 0.6) is 0 Å². The van der Waals surface area contributed by atoms with Crippen LogP contribution < -0.4 is 5.32 Å². The minimum absolute atomic E-state index is 0.0544. The lowest BCUT2D eigenvalue weighted by Crippen LogP contribution is -2.42. The Morgan fingerprint density at radius 3 is 2.80 bits per heavy atom. The van der Waals surface area contributed by atoms with Crippen LogP contribution in [0.25, 0.3) is 0 Å². The molecule has 0 aliphatic carbocycles. The maximum absolute atomic E-state index is 13.0. The average Bonchev–Trinajstić information content (AvgIpc) is 2.35. The van der Waals surface area contributed by atoms with E-state index >= 15 is 0 Å².